The average Bonchev–Trinajstić information content (AvgIpc) is 3.48. The van der Waals surface area contributed by atoms with Crippen molar-refractivity contribution in [1.29, 1.82) is 0 Å². The van der Waals surface area contributed by atoms with Crippen LogP contribution < -0.4 is 40.3 Å². The zero-order valence-corrected chi connectivity index (χ0v) is 46.4. The van der Waals surface area contributed by atoms with E-state index in [2.05, 4.69) is 42.6 Å². The predicted octanol–water partition coefficient (Wildman–Crippen LogP) is -1.83. The molecule has 404 valence electrons. The minimum Gasteiger partial charge on any atom is -1.00 e. The Morgan fingerprint density at radius 2 is 1.36 bits per heavy atom. The molecule has 16 nitrogen and oxygen atoms in total. The average molecular weight is 1030 g/mol. The minimum atomic E-state index is -1.01. The van der Waals surface area contributed by atoms with Gasteiger partial charge in [-0.1, -0.05) is 61.1 Å². The number of amides is 3. The van der Waals surface area contributed by atoms with Gasteiger partial charge < -0.3 is 74.2 Å². The fourth-order valence-electron chi connectivity index (χ4n) is 8.19. The number of rotatable bonds is 31. The molecule has 0 radical (unpaired) electrons. The van der Waals surface area contributed by atoms with E-state index in [-0.39, 0.29) is 91.6 Å². The van der Waals surface area contributed by atoms with Crippen LogP contribution in [0.2, 0.25) is 0 Å². The molecule has 0 aliphatic carbocycles. The molecule has 18 heteroatoms. The van der Waals surface area contributed by atoms with Crippen LogP contribution in [0.3, 0.4) is 0 Å². The third kappa shape index (κ3) is 29.0. The summed E-state index contributed by atoms with van der Waals surface area (Å²) in [4.78, 5) is 80.5. The summed E-state index contributed by atoms with van der Waals surface area (Å²) in [6.07, 6.45) is 6.37. The van der Waals surface area contributed by atoms with Gasteiger partial charge in [0.1, 0.15) is 25.9 Å². The van der Waals surface area contributed by atoms with Crippen LogP contribution in [0, 0.1) is 22.7 Å². The second kappa shape index (κ2) is 35.8. The van der Waals surface area contributed by atoms with Crippen LogP contribution >= 0.6 is 0 Å². The lowest BCUT2D eigenvalue weighted by atomic mass is 9.66. The summed E-state index contributed by atoms with van der Waals surface area (Å²) in [5.74, 6) is -1.77. The van der Waals surface area contributed by atoms with Crippen LogP contribution in [0.15, 0.2) is 24.3 Å². The molecule has 0 aromatic carbocycles. The number of carbonyl (C=O) groups excluding carboxylic acids is 6. The lowest BCUT2D eigenvalue weighted by Gasteiger charge is -2.41. The molecule has 1 aliphatic heterocycles. The number of hydrogen-bond donors (Lipinski definition) is 5. The van der Waals surface area contributed by atoms with E-state index in [1.807, 2.05) is 67.5 Å². The quantitative estimate of drug-likeness (QED) is 0.0172. The number of nitrogens with one attached hydrogen (secondary N) is 3. The van der Waals surface area contributed by atoms with Crippen molar-refractivity contribution in [2.24, 2.45) is 22.7 Å². The zero-order chi connectivity index (χ0) is 51.5. The molecule has 1 saturated heterocycles. The van der Waals surface area contributed by atoms with Gasteiger partial charge in [-0.2, -0.15) is 0 Å². The second-order valence-corrected chi connectivity index (χ2v) is 20.7. The smallest absolute Gasteiger partial charge is 0.333 e. The number of esters is 3. The molecule has 0 bridgehead atoms. The van der Waals surface area contributed by atoms with Gasteiger partial charge in [0.15, 0.2) is 0 Å². The Hall–Kier alpha value is -3.28. The lowest BCUT2D eigenvalue weighted by Crippen LogP contribution is -3.05. The number of nitrogens with zero attached hydrogens (tertiary/aromatic N) is 2. The summed E-state index contributed by atoms with van der Waals surface area (Å²) in [5, 5.41) is 25.9. The molecule has 5 N–H and O–H groups in total. The molecule has 0 aromatic rings. The number of likely N-dealkylation sites (N-methyl/N-ethyl adjacent to an activating group) is 1. The number of aliphatic hydroxyl groups excluding tert-OH is 2. The van der Waals surface area contributed by atoms with Crippen molar-refractivity contribution < 1.29 is 87.4 Å². The first-order valence-electron chi connectivity index (χ1n) is 24.8. The van der Waals surface area contributed by atoms with Gasteiger partial charge in [0, 0.05) is 66.9 Å². The van der Waals surface area contributed by atoms with Gasteiger partial charge in [0.05, 0.1) is 59.9 Å². The van der Waals surface area contributed by atoms with Crippen molar-refractivity contribution in [1.82, 2.24) is 15.5 Å². The molecule has 0 aromatic heterocycles. The van der Waals surface area contributed by atoms with E-state index in [9.17, 15) is 33.9 Å². The molecular formula is C51H95Cl2N5O11. The van der Waals surface area contributed by atoms with E-state index < -0.39 is 35.0 Å². The fraction of sp³-hybridized carbons (Fsp3) is 0.804. The molecule has 1 fully saturated rings. The Morgan fingerprint density at radius 3 is 1.88 bits per heavy atom. The van der Waals surface area contributed by atoms with Crippen molar-refractivity contribution in [3.8, 4) is 0 Å². The summed E-state index contributed by atoms with van der Waals surface area (Å²) in [5.41, 5.74) is -1.32. The molecule has 3 amide bonds. The Morgan fingerprint density at radius 1 is 0.826 bits per heavy atom. The van der Waals surface area contributed by atoms with Crippen molar-refractivity contribution in [2.75, 3.05) is 87.3 Å². The van der Waals surface area contributed by atoms with Crippen LogP contribution in [-0.4, -0.2) is 161 Å². The number of aliphatic hydroxyl groups is 2. The van der Waals surface area contributed by atoms with Crippen LogP contribution in [-0.2, 0) is 43.0 Å². The van der Waals surface area contributed by atoms with E-state index in [0.717, 1.165) is 38.6 Å². The normalized spacial score (nSPS) is 16.6. The van der Waals surface area contributed by atoms with Crippen molar-refractivity contribution >= 4 is 35.6 Å². The Kier molecular flexibility index (Phi) is 36.3. The number of halogens is 2. The highest BCUT2D eigenvalue weighted by Gasteiger charge is 2.46. The topological polar surface area (TPSA) is 202 Å². The Labute approximate surface area is 428 Å². The van der Waals surface area contributed by atoms with Crippen LogP contribution in [0.4, 0.5) is 0 Å². The predicted molar refractivity (Wildman–Crippen MR) is 263 cm³/mol. The van der Waals surface area contributed by atoms with Gasteiger partial charge in [-0.15, -0.1) is 0 Å². The maximum atomic E-state index is 14.5. The number of carbonyl (C=O) groups is 6. The maximum Gasteiger partial charge on any atom is 0.333 e. The SMILES string of the molecule is C=C(C)C(=O)OCC(O)CC.C=C(C)C(=O)OCC(O)C[N+](C)(C)CCCNC(=O)C(C)(CC(C)N1CCCCCC1=O)CC(C)(CCC(C)C(C)C(=O)OCCC)C(=O)NCCC[NH+](C)C.[Cl-].[Cl-]. The molecule has 1 aliphatic rings. The zero-order valence-electron chi connectivity index (χ0n) is 44.9. The van der Waals surface area contributed by atoms with Crippen molar-refractivity contribution in [3.63, 3.8) is 0 Å². The first kappa shape index (κ1) is 70.0. The fourth-order valence-corrected chi connectivity index (χ4v) is 8.19. The third-order valence-electron chi connectivity index (χ3n) is 12.6. The number of ether oxygens (including phenoxy) is 3. The Balaban J connectivity index is -0.00000296. The largest absolute Gasteiger partial charge is 1.00 e. The molecule has 7 atom stereocenters. The monoisotopic (exact) mass is 1020 g/mol. The molecule has 1 heterocycles. The number of likely N-dealkylation sites (tertiary alicyclic amines) is 1. The van der Waals surface area contributed by atoms with E-state index in [1.54, 1.807) is 13.8 Å². The third-order valence-corrected chi connectivity index (χ3v) is 12.6. The summed E-state index contributed by atoms with van der Waals surface area (Å²) >= 11 is 0. The highest BCUT2D eigenvalue weighted by Crippen LogP contribution is 2.43. The van der Waals surface area contributed by atoms with Gasteiger partial charge >= 0.3 is 17.9 Å². The minimum absolute atomic E-state index is 0. The highest BCUT2D eigenvalue weighted by atomic mass is 35.5. The molecule has 1 rings (SSSR count). The summed E-state index contributed by atoms with van der Waals surface area (Å²) < 4.78 is 15.7. The first-order chi connectivity index (χ1) is 31.1. The van der Waals surface area contributed by atoms with Gasteiger partial charge in [-0.05, 0) is 78.1 Å². The number of hydrogen-bond acceptors (Lipinski definition) is 11. The van der Waals surface area contributed by atoms with Gasteiger partial charge in [0.2, 0.25) is 17.7 Å². The maximum absolute atomic E-state index is 14.5. The van der Waals surface area contributed by atoms with Crippen LogP contribution in [0.1, 0.15) is 139 Å². The summed E-state index contributed by atoms with van der Waals surface area (Å²) in [6.45, 7) is 27.4. The van der Waals surface area contributed by atoms with E-state index >= 15 is 0 Å². The second-order valence-electron chi connectivity index (χ2n) is 20.7. The summed E-state index contributed by atoms with van der Waals surface area (Å²) in [6, 6.07) is -0.213. The molecule has 0 spiro atoms. The van der Waals surface area contributed by atoms with Crippen LogP contribution in [0.5, 0.6) is 0 Å². The lowest BCUT2D eigenvalue weighted by molar-refractivity contribution is -0.893. The van der Waals surface area contributed by atoms with E-state index in [4.69, 9.17) is 14.6 Å². The van der Waals surface area contributed by atoms with Gasteiger partial charge in [-0.3, -0.25) is 19.2 Å². The van der Waals surface area contributed by atoms with Crippen molar-refractivity contribution in [3.05, 3.63) is 24.3 Å². The number of quaternary nitrogens is 2. The van der Waals surface area contributed by atoms with Crippen molar-refractivity contribution in [2.45, 2.75) is 158 Å². The van der Waals surface area contributed by atoms with E-state index in [0.29, 0.717) is 87.9 Å². The van der Waals surface area contributed by atoms with Gasteiger partial charge in [-0.25, -0.2) is 9.59 Å². The molecule has 69 heavy (non-hydrogen) atoms. The standard InChI is InChI=1S/C43H79N5O8.C8H14O3.2ClH/c1-13-27-55-39(52)35(6)33(4)20-21-42(7,40(53)44-22-17-24-46(9)10)31-43(8,28-34(5)47-25-16-14-15-19-37(47)50)41(54)45-23-18-26-48(11,12)29-36(49)30-56-38(51)32(2)3;1-4-7(9)5-11-8(10)6(2)3;;/h33-36,49H,2,13-31H2,1,3-12H3,(H-,44,45,53,54);7,9H,2,4-5H2,1,3H3;2*1H. The molecule has 0 saturated carbocycles. The Bertz CT molecular complexity index is 1580. The van der Waals surface area contributed by atoms with E-state index in [1.165, 1.54) is 4.90 Å². The summed E-state index contributed by atoms with van der Waals surface area (Å²) in [7, 11) is 8.11. The first-order valence-corrected chi connectivity index (χ1v) is 24.8. The van der Waals surface area contributed by atoms with Gasteiger partial charge in [0.25, 0.3) is 0 Å². The molecule has 7 unspecified atom stereocenters. The molecular weight excluding hydrogens is 929 g/mol. The van der Waals surface area contributed by atoms with Crippen LogP contribution in [0.25, 0.3) is 0 Å². The highest BCUT2D eigenvalue weighted by molar-refractivity contribution is 5.88.